The van der Waals surface area contributed by atoms with Crippen molar-refractivity contribution in [1.82, 2.24) is 0 Å². The maximum Gasteiger partial charge on any atom is 0.0598 e. The molecule has 0 N–H and O–H groups in total. The number of fused-ring (bicyclic) bond motifs is 9. The standard InChI is InChI=1S/C18H28O/c1-10-13-8-14(15(10)9-19-18(2,3)4)17-12-6-5-11(7-12)16(13)17/h5-6,10-17H,7-9H2,1-4H3. The van der Waals surface area contributed by atoms with Crippen LogP contribution in [0.3, 0.4) is 0 Å². The quantitative estimate of drug-likeness (QED) is 0.535. The Morgan fingerprint density at radius 2 is 1.63 bits per heavy atom. The minimum atomic E-state index is 0.0234. The second-order valence-electron chi connectivity index (χ2n) is 8.61. The first kappa shape index (κ1) is 12.4. The van der Waals surface area contributed by atoms with E-state index in [1.165, 1.54) is 12.8 Å². The minimum absolute atomic E-state index is 0.0234. The molecule has 4 aliphatic carbocycles. The topological polar surface area (TPSA) is 9.23 Å². The Labute approximate surface area is 117 Å². The monoisotopic (exact) mass is 260 g/mol. The lowest BCUT2D eigenvalue weighted by Crippen LogP contribution is -2.39. The SMILES string of the molecule is CC1C(COC(C)(C)C)C2CC1C1C3C=CC(C3)C21. The summed E-state index contributed by atoms with van der Waals surface area (Å²) in [7, 11) is 0. The van der Waals surface area contributed by atoms with E-state index in [0.29, 0.717) is 0 Å². The maximum absolute atomic E-state index is 6.15. The zero-order valence-electron chi connectivity index (χ0n) is 12.8. The molecule has 0 amide bonds. The summed E-state index contributed by atoms with van der Waals surface area (Å²) >= 11 is 0. The lowest BCUT2D eigenvalue weighted by atomic mass is 9.65. The Morgan fingerprint density at radius 3 is 2.26 bits per heavy atom. The van der Waals surface area contributed by atoms with Crippen molar-refractivity contribution in [2.45, 2.75) is 46.1 Å². The Balaban J connectivity index is 1.53. The molecule has 0 heterocycles. The molecular weight excluding hydrogens is 232 g/mol. The number of hydrogen-bond acceptors (Lipinski definition) is 1. The van der Waals surface area contributed by atoms with Gasteiger partial charge in [0.25, 0.3) is 0 Å². The molecule has 0 radical (unpaired) electrons. The Morgan fingerprint density at radius 1 is 1.00 bits per heavy atom. The van der Waals surface area contributed by atoms with Crippen LogP contribution in [-0.4, -0.2) is 12.2 Å². The number of rotatable bonds is 2. The molecule has 0 spiro atoms. The van der Waals surface area contributed by atoms with Gasteiger partial charge >= 0.3 is 0 Å². The summed E-state index contributed by atoms with van der Waals surface area (Å²) in [5.74, 6) is 7.62. The van der Waals surface area contributed by atoms with Gasteiger partial charge in [-0.05, 0) is 81.0 Å². The van der Waals surface area contributed by atoms with Crippen molar-refractivity contribution in [3.8, 4) is 0 Å². The van der Waals surface area contributed by atoms with E-state index in [4.69, 9.17) is 4.74 Å². The van der Waals surface area contributed by atoms with Crippen LogP contribution < -0.4 is 0 Å². The number of allylic oxidation sites excluding steroid dienone is 2. The molecule has 4 rings (SSSR count). The Bertz CT molecular complexity index is 404. The lowest BCUT2D eigenvalue weighted by Gasteiger charge is -2.41. The predicted molar refractivity (Wildman–Crippen MR) is 77.7 cm³/mol. The highest BCUT2D eigenvalue weighted by molar-refractivity contribution is 5.21. The first-order valence-corrected chi connectivity index (χ1v) is 8.28. The fourth-order valence-electron chi connectivity index (χ4n) is 6.09. The average Bonchev–Trinajstić information content (AvgIpc) is 3.03. The van der Waals surface area contributed by atoms with Crippen molar-refractivity contribution in [3.05, 3.63) is 12.2 Å². The van der Waals surface area contributed by atoms with Crippen LogP contribution in [0.5, 0.6) is 0 Å². The van der Waals surface area contributed by atoms with Gasteiger partial charge in [0.1, 0.15) is 0 Å². The predicted octanol–water partition coefficient (Wildman–Crippen LogP) is 4.14. The van der Waals surface area contributed by atoms with E-state index < -0.39 is 0 Å². The zero-order chi connectivity index (χ0) is 13.4. The number of hydrogen-bond donors (Lipinski definition) is 0. The summed E-state index contributed by atoms with van der Waals surface area (Å²) in [6.45, 7) is 10.1. The van der Waals surface area contributed by atoms with Gasteiger partial charge in [-0.15, -0.1) is 0 Å². The van der Waals surface area contributed by atoms with Gasteiger partial charge in [0.2, 0.25) is 0 Å². The van der Waals surface area contributed by atoms with Crippen molar-refractivity contribution in [3.63, 3.8) is 0 Å². The van der Waals surface area contributed by atoms with E-state index in [1.807, 2.05) is 0 Å². The molecule has 0 aliphatic heterocycles. The van der Waals surface area contributed by atoms with E-state index in [9.17, 15) is 0 Å². The van der Waals surface area contributed by atoms with Gasteiger partial charge in [-0.1, -0.05) is 19.1 Å². The highest BCUT2D eigenvalue weighted by atomic mass is 16.5. The summed E-state index contributed by atoms with van der Waals surface area (Å²) < 4.78 is 6.15. The molecule has 3 fully saturated rings. The second-order valence-corrected chi connectivity index (χ2v) is 8.61. The van der Waals surface area contributed by atoms with Crippen LogP contribution in [0.2, 0.25) is 0 Å². The van der Waals surface area contributed by atoms with E-state index in [1.54, 1.807) is 0 Å². The van der Waals surface area contributed by atoms with Crippen molar-refractivity contribution >= 4 is 0 Å². The number of ether oxygens (including phenoxy) is 1. The van der Waals surface area contributed by atoms with Crippen LogP contribution in [0.25, 0.3) is 0 Å². The Hall–Kier alpha value is -0.300. The van der Waals surface area contributed by atoms with Crippen LogP contribution >= 0.6 is 0 Å². The van der Waals surface area contributed by atoms with Crippen LogP contribution in [0, 0.1) is 47.3 Å². The van der Waals surface area contributed by atoms with Crippen molar-refractivity contribution in [2.24, 2.45) is 47.3 Å². The zero-order valence-corrected chi connectivity index (χ0v) is 12.8. The molecule has 8 unspecified atom stereocenters. The maximum atomic E-state index is 6.15. The average molecular weight is 260 g/mol. The van der Waals surface area contributed by atoms with Crippen molar-refractivity contribution in [2.75, 3.05) is 6.61 Å². The first-order chi connectivity index (χ1) is 8.96. The molecular formula is C18H28O. The van der Waals surface area contributed by atoms with Crippen molar-refractivity contribution in [1.29, 1.82) is 0 Å². The molecule has 0 aromatic carbocycles. The molecule has 106 valence electrons. The van der Waals surface area contributed by atoms with Gasteiger partial charge in [0.15, 0.2) is 0 Å². The largest absolute Gasteiger partial charge is 0.376 e. The fraction of sp³-hybridized carbons (Fsp3) is 0.889. The molecule has 19 heavy (non-hydrogen) atoms. The molecule has 1 heteroatoms. The van der Waals surface area contributed by atoms with Gasteiger partial charge in [-0.2, -0.15) is 0 Å². The van der Waals surface area contributed by atoms with Gasteiger partial charge in [-0.3, -0.25) is 0 Å². The van der Waals surface area contributed by atoms with Crippen molar-refractivity contribution < 1.29 is 4.74 Å². The minimum Gasteiger partial charge on any atom is -0.376 e. The third-order valence-corrected chi connectivity index (χ3v) is 6.73. The summed E-state index contributed by atoms with van der Waals surface area (Å²) in [5, 5.41) is 0. The van der Waals surface area contributed by atoms with Crippen LogP contribution in [0.15, 0.2) is 12.2 Å². The summed E-state index contributed by atoms with van der Waals surface area (Å²) in [5.41, 5.74) is 0.0234. The fourth-order valence-corrected chi connectivity index (χ4v) is 6.09. The van der Waals surface area contributed by atoms with Crippen LogP contribution in [0.4, 0.5) is 0 Å². The third kappa shape index (κ3) is 1.70. The molecule has 8 atom stereocenters. The van der Waals surface area contributed by atoms with Gasteiger partial charge in [0.05, 0.1) is 12.2 Å². The molecule has 1 nitrogen and oxygen atoms in total. The Kier molecular flexibility index (Phi) is 2.54. The summed E-state index contributed by atoms with van der Waals surface area (Å²) in [6.07, 6.45) is 8.06. The molecule has 3 saturated carbocycles. The molecule has 0 aromatic rings. The summed E-state index contributed by atoms with van der Waals surface area (Å²) in [6, 6.07) is 0. The normalized spacial score (nSPS) is 54.1. The smallest absolute Gasteiger partial charge is 0.0598 e. The molecule has 4 aliphatic rings. The van der Waals surface area contributed by atoms with E-state index in [2.05, 4.69) is 39.8 Å². The molecule has 4 bridgehead atoms. The third-order valence-electron chi connectivity index (χ3n) is 6.73. The van der Waals surface area contributed by atoms with Crippen LogP contribution in [0.1, 0.15) is 40.5 Å². The first-order valence-electron chi connectivity index (χ1n) is 8.28. The van der Waals surface area contributed by atoms with Crippen LogP contribution in [-0.2, 0) is 4.74 Å². The van der Waals surface area contributed by atoms with Gasteiger partial charge in [-0.25, -0.2) is 0 Å². The second kappa shape index (κ2) is 3.87. The highest BCUT2D eigenvalue weighted by Gasteiger charge is 2.63. The lowest BCUT2D eigenvalue weighted by molar-refractivity contribution is -0.0542. The van der Waals surface area contributed by atoms with E-state index in [-0.39, 0.29) is 5.60 Å². The van der Waals surface area contributed by atoms with E-state index >= 15 is 0 Å². The molecule has 0 aromatic heterocycles. The summed E-state index contributed by atoms with van der Waals surface area (Å²) in [4.78, 5) is 0. The van der Waals surface area contributed by atoms with Gasteiger partial charge in [0, 0.05) is 0 Å². The van der Waals surface area contributed by atoms with E-state index in [0.717, 1.165) is 54.0 Å². The molecule has 0 saturated heterocycles. The highest BCUT2D eigenvalue weighted by Crippen LogP contribution is 2.68. The van der Waals surface area contributed by atoms with Gasteiger partial charge < -0.3 is 4.74 Å².